The van der Waals surface area contributed by atoms with Crippen LogP contribution in [-0.2, 0) is 0 Å². The third-order valence-corrected chi connectivity index (χ3v) is 13.5. The molecule has 0 aliphatic rings. The van der Waals surface area contributed by atoms with Crippen LogP contribution in [0.15, 0.2) is 229 Å². The van der Waals surface area contributed by atoms with E-state index in [9.17, 15) is 0 Å². The van der Waals surface area contributed by atoms with E-state index in [2.05, 4.69) is 232 Å². The van der Waals surface area contributed by atoms with Gasteiger partial charge in [-0.15, -0.1) is 0 Å². The maximum Gasteiger partial charge on any atom is 0.159 e. The van der Waals surface area contributed by atoms with E-state index in [0.29, 0.717) is 0 Å². The van der Waals surface area contributed by atoms with Crippen molar-refractivity contribution in [2.45, 2.75) is 0 Å². The van der Waals surface area contributed by atoms with Crippen LogP contribution in [0.5, 0.6) is 0 Å². The number of anilines is 3. The van der Waals surface area contributed by atoms with Gasteiger partial charge in [-0.2, -0.15) is 0 Å². The molecule has 0 N–H and O–H groups in total. The Balaban J connectivity index is 1.05. The van der Waals surface area contributed by atoms with Gasteiger partial charge in [0.2, 0.25) is 0 Å². The van der Waals surface area contributed by atoms with Crippen molar-refractivity contribution >= 4 is 115 Å². The number of nitrogens with zero attached hydrogens (tertiary/aromatic N) is 3. The fourth-order valence-corrected chi connectivity index (χ4v) is 10.7. The Morgan fingerprint density at radius 1 is 0.281 bits per heavy atom. The van der Waals surface area contributed by atoms with E-state index in [0.717, 1.165) is 61.4 Å². The van der Waals surface area contributed by atoms with Crippen LogP contribution in [0.2, 0.25) is 0 Å². The van der Waals surface area contributed by atoms with E-state index >= 15 is 0 Å². The summed E-state index contributed by atoms with van der Waals surface area (Å²) in [6.07, 6.45) is 0. The van der Waals surface area contributed by atoms with Crippen molar-refractivity contribution < 1.29 is 4.42 Å². The second-order valence-corrected chi connectivity index (χ2v) is 16.9. The molecular weight excluding hydrogens is 779 g/mol. The van der Waals surface area contributed by atoms with E-state index in [-0.39, 0.29) is 0 Å². The molecule has 0 spiro atoms. The number of benzene rings is 11. The molecule has 298 valence electrons. The van der Waals surface area contributed by atoms with Gasteiger partial charge in [-0.3, -0.25) is 0 Å². The van der Waals surface area contributed by atoms with Crippen molar-refractivity contribution in [3.05, 3.63) is 224 Å². The predicted octanol–water partition coefficient (Wildman–Crippen LogP) is 16.7. The third kappa shape index (κ3) is 4.99. The van der Waals surface area contributed by atoms with Crippen molar-refractivity contribution in [1.82, 2.24) is 9.13 Å². The molecule has 0 bridgehead atoms. The van der Waals surface area contributed by atoms with Gasteiger partial charge in [-0.25, -0.2) is 0 Å². The number of furan rings is 1. The second-order valence-electron chi connectivity index (χ2n) is 16.9. The lowest BCUT2D eigenvalue weighted by Gasteiger charge is -2.26. The largest absolute Gasteiger partial charge is 0.454 e. The fourth-order valence-electron chi connectivity index (χ4n) is 10.7. The SMILES string of the molecule is c1ccc(-n2c3ccccc3c3cc(-n4c5ccccc5c5ccc(N(c6ccc7c8ccccc8c8ccccc8c7c6)c6cccc7c6oc6ccccc67)cc54)ccc32)cc1. The van der Waals surface area contributed by atoms with Crippen molar-refractivity contribution in [2.24, 2.45) is 0 Å². The molecule has 14 rings (SSSR count). The molecule has 0 aliphatic carbocycles. The Kier molecular flexibility index (Phi) is 7.36. The van der Waals surface area contributed by atoms with E-state index < -0.39 is 0 Å². The van der Waals surface area contributed by atoms with E-state index in [1.165, 1.54) is 64.9 Å². The summed E-state index contributed by atoms with van der Waals surface area (Å²) < 4.78 is 11.6. The minimum absolute atomic E-state index is 0.855. The molecule has 3 heterocycles. The van der Waals surface area contributed by atoms with E-state index in [1.54, 1.807) is 0 Å². The molecule has 0 atom stereocenters. The van der Waals surface area contributed by atoms with E-state index in [4.69, 9.17) is 4.42 Å². The second kappa shape index (κ2) is 13.4. The highest BCUT2D eigenvalue weighted by molar-refractivity contribution is 6.26. The number of hydrogen-bond donors (Lipinski definition) is 0. The number of fused-ring (bicyclic) bond motifs is 15. The number of rotatable bonds is 5. The minimum atomic E-state index is 0.855. The predicted molar refractivity (Wildman–Crippen MR) is 270 cm³/mol. The van der Waals surface area contributed by atoms with Crippen LogP contribution in [0.4, 0.5) is 17.1 Å². The highest BCUT2D eigenvalue weighted by atomic mass is 16.3. The van der Waals surface area contributed by atoms with Crippen LogP contribution in [0.1, 0.15) is 0 Å². The standard InChI is InChI=1S/C60H37N3O/c1-2-15-38(16-3-1)62-55-26-12-9-22-48(55)53-36-40(31-34-56(53)62)63-54-25-11-8-21-47(54)49-33-30-41(37-58(49)63)61(57-27-14-24-51-50-23-10-13-28-59(50)64-60(51)57)39-29-32-46-44-19-5-4-17-42(44)43-18-6-7-20-45(43)52(46)35-39/h1-37H. The third-order valence-electron chi connectivity index (χ3n) is 13.5. The molecule has 0 unspecified atom stereocenters. The Labute approximate surface area is 367 Å². The van der Waals surface area contributed by atoms with Crippen molar-refractivity contribution in [3.8, 4) is 11.4 Å². The highest BCUT2D eigenvalue weighted by Crippen LogP contribution is 2.46. The van der Waals surface area contributed by atoms with Gasteiger partial charge in [0.1, 0.15) is 5.58 Å². The van der Waals surface area contributed by atoms with Crippen LogP contribution in [0.3, 0.4) is 0 Å². The average Bonchev–Trinajstić information content (AvgIpc) is 4.02. The summed E-state index contributed by atoms with van der Waals surface area (Å²) in [6.45, 7) is 0. The number of hydrogen-bond acceptors (Lipinski definition) is 2. The first-order valence-electron chi connectivity index (χ1n) is 21.9. The molecule has 0 aliphatic heterocycles. The first-order chi connectivity index (χ1) is 31.8. The molecule has 11 aromatic carbocycles. The van der Waals surface area contributed by atoms with Gasteiger partial charge in [-0.05, 0) is 111 Å². The first-order valence-corrected chi connectivity index (χ1v) is 21.9. The van der Waals surface area contributed by atoms with Crippen molar-refractivity contribution in [3.63, 3.8) is 0 Å². The first kappa shape index (κ1) is 35.0. The molecule has 64 heavy (non-hydrogen) atoms. The maximum atomic E-state index is 6.81. The quantitative estimate of drug-likeness (QED) is 0.162. The normalized spacial score (nSPS) is 12.1. The summed E-state index contributed by atoms with van der Waals surface area (Å²) in [4.78, 5) is 2.40. The number of para-hydroxylation sites is 5. The average molecular weight is 816 g/mol. The maximum absolute atomic E-state index is 6.81. The molecule has 4 nitrogen and oxygen atoms in total. The molecule has 3 aromatic heterocycles. The van der Waals surface area contributed by atoms with Crippen LogP contribution in [0.25, 0.3) is 109 Å². The van der Waals surface area contributed by atoms with E-state index in [1.807, 2.05) is 6.07 Å². The Hall–Kier alpha value is -8.60. The van der Waals surface area contributed by atoms with Crippen LogP contribution >= 0.6 is 0 Å². The zero-order valence-corrected chi connectivity index (χ0v) is 34.6. The van der Waals surface area contributed by atoms with Crippen LogP contribution in [0, 0.1) is 0 Å². The van der Waals surface area contributed by atoms with Gasteiger partial charge in [0, 0.05) is 55.1 Å². The molecule has 4 heteroatoms. The topological polar surface area (TPSA) is 26.2 Å². The Morgan fingerprint density at radius 3 is 1.50 bits per heavy atom. The van der Waals surface area contributed by atoms with Crippen molar-refractivity contribution in [1.29, 1.82) is 0 Å². The Bertz CT molecular complexity index is 4170. The van der Waals surface area contributed by atoms with Crippen molar-refractivity contribution in [2.75, 3.05) is 4.90 Å². The molecule has 0 amide bonds. The Morgan fingerprint density at radius 2 is 0.781 bits per heavy atom. The molecule has 0 saturated heterocycles. The zero-order chi connectivity index (χ0) is 41.9. The molecular formula is C60H37N3O. The van der Waals surface area contributed by atoms with Gasteiger partial charge in [0.05, 0.1) is 27.8 Å². The lowest BCUT2D eigenvalue weighted by molar-refractivity contribution is 0.669. The smallest absolute Gasteiger partial charge is 0.159 e. The van der Waals surface area contributed by atoms with Gasteiger partial charge >= 0.3 is 0 Å². The fraction of sp³-hybridized carbons (Fsp3) is 0. The molecule has 14 aromatic rings. The van der Waals surface area contributed by atoms with Crippen LogP contribution < -0.4 is 4.90 Å². The molecule has 0 saturated carbocycles. The van der Waals surface area contributed by atoms with Gasteiger partial charge in [-0.1, -0.05) is 146 Å². The summed E-state index contributed by atoms with van der Waals surface area (Å²) in [5.41, 5.74) is 11.7. The summed E-state index contributed by atoms with van der Waals surface area (Å²) >= 11 is 0. The van der Waals surface area contributed by atoms with Gasteiger partial charge < -0.3 is 18.5 Å². The van der Waals surface area contributed by atoms with Gasteiger partial charge in [0.25, 0.3) is 0 Å². The number of aromatic nitrogens is 2. The lowest BCUT2D eigenvalue weighted by atomic mass is 9.94. The van der Waals surface area contributed by atoms with Gasteiger partial charge in [0.15, 0.2) is 5.58 Å². The summed E-state index contributed by atoms with van der Waals surface area (Å²) in [5.74, 6) is 0. The minimum Gasteiger partial charge on any atom is -0.454 e. The van der Waals surface area contributed by atoms with Crippen LogP contribution in [-0.4, -0.2) is 9.13 Å². The summed E-state index contributed by atoms with van der Waals surface area (Å²) in [6, 6.07) is 81.6. The highest BCUT2D eigenvalue weighted by Gasteiger charge is 2.23. The molecule has 0 fully saturated rings. The summed E-state index contributed by atoms with van der Waals surface area (Å²) in [7, 11) is 0. The zero-order valence-electron chi connectivity index (χ0n) is 34.6. The molecule has 0 radical (unpaired) electrons. The monoisotopic (exact) mass is 815 g/mol. The summed E-state index contributed by atoms with van der Waals surface area (Å²) in [5, 5.41) is 14.5. The lowest BCUT2D eigenvalue weighted by Crippen LogP contribution is -2.10.